The predicted octanol–water partition coefficient (Wildman–Crippen LogP) is 3.33. The Morgan fingerprint density at radius 3 is 2.62 bits per heavy atom. The van der Waals surface area contributed by atoms with Gasteiger partial charge in [-0.3, -0.25) is 14.9 Å². The maximum Gasteiger partial charge on any atom is 0.273 e. The molecule has 29 heavy (non-hydrogen) atoms. The van der Waals surface area contributed by atoms with E-state index < -0.39 is 10.5 Å². The second-order valence-electron chi connectivity index (χ2n) is 7.24. The first kappa shape index (κ1) is 19.0. The molecule has 2 aromatic carbocycles. The minimum absolute atomic E-state index is 0.0774. The molecule has 4 rings (SSSR count). The molecular formula is C21H22N2O6. The molecule has 0 aromatic heterocycles. The summed E-state index contributed by atoms with van der Waals surface area (Å²) in [6.07, 6.45) is 3.69. The normalized spacial score (nSPS) is 16.8. The fourth-order valence-electron chi connectivity index (χ4n) is 3.94. The Morgan fingerprint density at radius 1 is 1.10 bits per heavy atom. The van der Waals surface area contributed by atoms with Gasteiger partial charge in [0.1, 0.15) is 19.0 Å². The van der Waals surface area contributed by atoms with Gasteiger partial charge in [0.05, 0.1) is 16.5 Å². The van der Waals surface area contributed by atoms with E-state index in [1.54, 1.807) is 6.07 Å². The van der Waals surface area contributed by atoms with Gasteiger partial charge in [-0.15, -0.1) is 0 Å². The number of nitro groups is 1. The predicted molar refractivity (Wildman–Crippen MR) is 104 cm³/mol. The summed E-state index contributed by atoms with van der Waals surface area (Å²) in [6, 6.07) is 11.6. The van der Waals surface area contributed by atoms with E-state index in [-0.39, 0.29) is 24.0 Å². The lowest BCUT2D eigenvalue weighted by atomic mass is 9.87. The first-order valence-electron chi connectivity index (χ1n) is 9.64. The van der Waals surface area contributed by atoms with E-state index in [1.165, 1.54) is 18.2 Å². The van der Waals surface area contributed by atoms with Gasteiger partial charge in [0.25, 0.3) is 11.6 Å². The average molecular weight is 398 g/mol. The lowest BCUT2D eigenvalue weighted by Crippen LogP contribution is -2.45. The van der Waals surface area contributed by atoms with Crippen LogP contribution in [0.2, 0.25) is 0 Å². The molecule has 2 aliphatic rings. The molecule has 152 valence electrons. The second-order valence-corrected chi connectivity index (χ2v) is 7.24. The third kappa shape index (κ3) is 4.11. The molecule has 1 fully saturated rings. The zero-order valence-corrected chi connectivity index (χ0v) is 15.9. The number of carbonyl (C=O) groups excluding carboxylic acids is 1. The second kappa shape index (κ2) is 7.98. The number of hydrogen-bond acceptors (Lipinski definition) is 6. The minimum atomic E-state index is -0.498. The summed E-state index contributed by atoms with van der Waals surface area (Å²) >= 11 is 0. The minimum Gasteiger partial charge on any atom is -0.486 e. The fraction of sp³-hybridized carbons (Fsp3) is 0.381. The molecule has 1 aliphatic carbocycles. The van der Waals surface area contributed by atoms with Crippen LogP contribution < -0.4 is 19.5 Å². The van der Waals surface area contributed by atoms with Gasteiger partial charge in [0.2, 0.25) is 0 Å². The number of benzene rings is 2. The molecule has 0 atom stereocenters. The average Bonchev–Trinajstić information content (AvgIpc) is 3.21. The third-order valence-electron chi connectivity index (χ3n) is 5.33. The number of ether oxygens (including phenoxy) is 3. The number of hydrogen-bond donors (Lipinski definition) is 1. The van der Waals surface area contributed by atoms with Crippen molar-refractivity contribution in [1.29, 1.82) is 0 Å². The van der Waals surface area contributed by atoms with Crippen molar-refractivity contribution in [3.05, 3.63) is 58.1 Å². The molecular weight excluding hydrogens is 376 g/mol. The molecule has 1 heterocycles. The molecule has 1 N–H and O–H groups in total. The number of carbonyl (C=O) groups is 1. The van der Waals surface area contributed by atoms with Gasteiger partial charge in [-0.2, -0.15) is 0 Å². The van der Waals surface area contributed by atoms with Gasteiger partial charge < -0.3 is 19.5 Å². The van der Waals surface area contributed by atoms with E-state index in [2.05, 4.69) is 5.32 Å². The first-order chi connectivity index (χ1) is 14.1. The standard InChI is InChI=1S/C21H22N2O6/c24-20(14-29-17-5-3-4-16(13-17)23(25)26)22-21(8-1-2-9-21)15-6-7-18-19(12-15)28-11-10-27-18/h3-7,12-13H,1-2,8-11,14H2,(H,22,24). The molecule has 0 unspecified atom stereocenters. The SMILES string of the molecule is O=C(COc1cccc([N+](=O)[O-])c1)NC1(c2ccc3c(c2)OCCO3)CCCC1. The Balaban J connectivity index is 1.46. The molecule has 1 saturated carbocycles. The number of fused-ring (bicyclic) bond motifs is 1. The van der Waals surface area contributed by atoms with Crippen LogP contribution in [0.5, 0.6) is 17.2 Å². The van der Waals surface area contributed by atoms with Gasteiger partial charge in [0.15, 0.2) is 18.1 Å². The highest BCUT2D eigenvalue weighted by atomic mass is 16.6. The van der Waals surface area contributed by atoms with E-state index in [0.717, 1.165) is 31.2 Å². The smallest absolute Gasteiger partial charge is 0.273 e. The van der Waals surface area contributed by atoms with Crippen molar-refractivity contribution in [2.45, 2.75) is 31.2 Å². The summed E-state index contributed by atoms with van der Waals surface area (Å²) in [5.41, 5.74) is 0.438. The van der Waals surface area contributed by atoms with Crippen LogP contribution in [-0.4, -0.2) is 30.7 Å². The number of non-ortho nitro benzene ring substituents is 1. The van der Waals surface area contributed by atoms with Crippen LogP contribution in [0.3, 0.4) is 0 Å². The van der Waals surface area contributed by atoms with E-state index in [0.29, 0.717) is 24.7 Å². The topological polar surface area (TPSA) is 99.9 Å². The van der Waals surface area contributed by atoms with Crippen LogP contribution in [0.25, 0.3) is 0 Å². The first-order valence-corrected chi connectivity index (χ1v) is 9.64. The van der Waals surface area contributed by atoms with Crippen molar-refractivity contribution in [2.75, 3.05) is 19.8 Å². The lowest BCUT2D eigenvalue weighted by molar-refractivity contribution is -0.384. The molecule has 0 bridgehead atoms. The number of nitrogens with one attached hydrogen (secondary N) is 1. The molecule has 0 saturated heterocycles. The quantitative estimate of drug-likeness (QED) is 0.592. The van der Waals surface area contributed by atoms with Crippen LogP contribution in [-0.2, 0) is 10.3 Å². The van der Waals surface area contributed by atoms with Crippen molar-refractivity contribution in [3.63, 3.8) is 0 Å². The summed E-state index contributed by atoms with van der Waals surface area (Å²) in [5, 5.41) is 14.0. The number of amides is 1. The Kier molecular flexibility index (Phi) is 5.24. The van der Waals surface area contributed by atoms with Crippen LogP contribution >= 0.6 is 0 Å². The molecule has 0 spiro atoms. The maximum atomic E-state index is 12.6. The van der Waals surface area contributed by atoms with Gasteiger partial charge in [0, 0.05) is 6.07 Å². The van der Waals surface area contributed by atoms with Crippen molar-refractivity contribution in [3.8, 4) is 17.2 Å². The summed E-state index contributed by atoms with van der Waals surface area (Å²) in [4.78, 5) is 23.0. The summed E-state index contributed by atoms with van der Waals surface area (Å²) in [7, 11) is 0. The maximum absolute atomic E-state index is 12.6. The molecule has 1 amide bonds. The van der Waals surface area contributed by atoms with E-state index in [1.807, 2.05) is 18.2 Å². The Labute approximate surface area is 167 Å². The molecule has 8 heteroatoms. The monoisotopic (exact) mass is 398 g/mol. The number of rotatable bonds is 6. The van der Waals surface area contributed by atoms with Crippen molar-refractivity contribution in [1.82, 2.24) is 5.32 Å². The van der Waals surface area contributed by atoms with Gasteiger partial charge in [-0.25, -0.2) is 0 Å². The van der Waals surface area contributed by atoms with Gasteiger partial charge in [-0.05, 0) is 36.6 Å². The lowest BCUT2D eigenvalue weighted by Gasteiger charge is -2.32. The van der Waals surface area contributed by atoms with Crippen molar-refractivity contribution in [2.24, 2.45) is 0 Å². The highest BCUT2D eigenvalue weighted by Crippen LogP contribution is 2.42. The van der Waals surface area contributed by atoms with Crippen molar-refractivity contribution >= 4 is 11.6 Å². The number of nitro benzene ring substituents is 1. The molecule has 1 aliphatic heterocycles. The third-order valence-corrected chi connectivity index (χ3v) is 5.33. The highest BCUT2D eigenvalue weighted by molar-refractivity contribution is 5.78. The zero-order chi connectivity index (χ0) is 20.3. The van der Waals surface area contributed by atoms with E-state index in [9.17, 15) is 14.9 Å². The molecule has 2 aromatic rings. The largest absolute Gasteiger partial charge is 0.486 e. The number of nitrogens with zero attached hydrogens (tertiary/aromatic N) is 1. The van der Waals surface area contributed by atoms with Gasteiger partial charge >= 0.3 is 0 Å². The zero-order valence-electron chi connectivity index (χ0n) is 15.9. The van der Waals surface area contributed by atoms with Crippen LogP contribution in [0.1, 0.15) is 31.2 Å². The van der Waals surface area contributed by atoms with Crippen LogP contribution in [0.15, 0.2) is 42.5 Å². The Hall–Kier alpha value is -3.29. The van der Waals surface area contributed by atoms with E-state index in [4.69, 9.17) is 14.2 Å². The van der Waals surface area contributed by atoms with Crippen LogP contribution in [0.4, 0.5) is 5.69 Å². The highest BCUT2D eigenvalue weighted by Gasteiger charge is 2.38. The molecule has 8 nitrogen and oxygen atoms in total. The van der Waals surface area contributed by atoms with E-state index >= 15 is 0 Å². The summed E-state index contributed by atoms with van der Waals surface area (Å²) < 4.78 is 16.8. The van der Waals surface area contributed by atoms with Crippen LogP contribution in [0, 0.1) is 10.1 Å². The summed E-state index contributed by atoms with van der Waals surface area (Å²) in [5.74, 6) is 1.43. The van der Waals surface area contributed by atoms with Gasteiger partial charge in [-0.1, -0.05) is 25.0 Å². The summed E-state index contributed by atoms with van der Waals surface area (Å²) in [6.45, 7) is 0.823. The Morgan fingerprint density at radius 2 is 1.86 bits per heavy atom. The van der Waals surface area contributed by atoms with Crippen molar-refractivity contribution < 1.29 is 23.9 Å². The Bertz CT molecular complexity index is 923. The molecule has 0 radical (unpaired) electrons. The fourth-order valence-corrected chi connectivity index (χ4v) is 3.94.